The Balaban J connectivity index is 2.03. The molecule has 1 aromatic carbocycles. The van der Waals surface area contributed by atoms with Crippen LogP contribution in [0.1, 0.15) is 24.0 Å². The maximum absolute atomic E-state index is 4.40. The molecule has 0 fully saturated rings. The van der Waals surface area contributed by atoms with Crippen LogP contribution in [0.15, 0.2) is 42.6 Å². The normalized spacial score (nSPS) is 14.5. The van der Waals surface area contributed by atoms with E-state index >= 15 is 0 Å². The number of fused-ring (bicyclic) bond motifs is 1. The minimum Gasteiger partial charge on any atom is -0.256 e. The molecule has 0 aliphatic heterocycles. The van der Waals surface area contributed by atoms with E-state index in [-0.39, 0.29) is 0 Å². The first-order valence-corrected chi connectivity index (χ1v) is 5.97. The summed E-state index contributed by atoms with van der Waals surface area (Å²) < 4.78 is 0. The molecule has 0 saturated carbocycles. The van der Waals surface area contributed by atoms with Gasteiger partial charge >= 0.3 is 0 Å². The number of hydrogen-bond acceptors (Lipinski definition) is 1. The lowest BCUT2D eigenvalue weighted by Crippen LogP contribution is -2.02. The second kappa shape index (κ2) is 4.09. The molecule has 0 atom stereocenters. The van der Waals surface area contributed by atoms with Crippen LogP contribution < -0.4 is 0 Å². The summed E-state index contributed by atoms with van der Waals surface area (Å²) >= 11 is 0. The van der Waals surface area contributed by atoms with E-state index in [0.29, 0.717) is 0 Å². The fourth-order valence-corrected chi connectivity index (χ4v) is 2.43. The van der Waals surface area contributed by atoms with Gasteiger partial charge in [0.2, 0.25) is 0 Å². The van der Waals surface area contributed by atoms with Crippen LogP contribution >= 0.6 is 0 Å². The van der Waals surface area contributed by atoms with Crippen molar-refractivity contribution < 1.29 is 0 Å². The Labute approximate surface area is 96.2 Å². The van der Waals surface area contributed by atoms with Crippen LogP contribution in [0.2, 0.25) is 0 Å². The lowest BCUT2D eigenvalue weighted by atomic mass is 9.90. The number of pyridine rings is 1. The van der Waals surface area contributed by atoms with Crippen molar-refractivity contribution in [2.45, 2.75) is 25.7 Å². The van der Waals surface area contributed by atoms with Crippen molar-refractivity contribution in [3.63, 3.8) is 0 Å². The molecule has 80 valence electrons. The molecule has 1 aliphatic carbocycles. The third-order valence-corrected chi connectivity index (χ3v) is 3.31. The van der Waals surface area contributed by atoms with E-state index in [1.54, 1.807) is 0 Å². The van der Waals surface area contributed by atoms with Gasteiger partial charge in [-0.1, -0.05) is 18.2 Å². The summed E-state index contributed by atoms with van der Waals surface area (Å²) in [5.41, 5.74) is 5.39. The van der Waals surface area contributed by atoms with Crippen LogP contribution in [0.5, 0.6) is 0 Å². The van der Waals surface area contributed by atoms with E-state index in [1.807, 2.05) is 18.3 Å². The van der Waals surface area contributed by atoms with Crippen LogP contribution in [-0.4, -0.2) is 4.98 Å². The highest BCUT2D eigenvalue weighted by atomic mass is 14.7. The van der Waals surface area contributed by atoms with Crippen molar-refractivity contribution in [1.29, 1.82) is 0 Å². The summed E-state index contributed by atoms with van der Waals surface area (Å²) in [7, 11) is 0. The summed E-state index contributed by atoms with van der Waals surface area (Å²) in [6.07, 6.45) is 7.01. The number of hydrogen-bond donors (Lipinski definition) is 0. The van der Waals surface area contributed by atoms with Gasteiger partial charge in [-0.2, -0.15) is 0 Å². The summed E-state index contributed by atoms with van der Waals surface area (Å²) in [5, 5.41) is 0. The van der Waals surface area contributed by atoms with Crippen LogP contribution in [0, 0.1) is 0 Å². The molecule has 3 rings (SSSR count). The monoisotopic (exact) mass is 209 g/mol. The van der Waals surface area contributed by atoms with E-state index in [0.717, 1.165) is 5.69 Å². The predicted octanol–water partition coefficient (Wildman–Crippen LogP) is 3.63. The van der Waals surface area contributed by atoms with Crippen LogP contribution in [0.25, 0.3) is 11.3 Å². The Hall–Kier alpha value is -1.63. The largest absolute Gasteiger partial charge is 0.256 e. The lowest BCUT2D eigenvalue weighted by Gasteiger charge is -2.16. The number of nitrogens with zero attached hydrogens (tertiary/aromatic N) is 1. The quantitative estimate of drug-likeness (QED) is 0.699. The van der Waals surface area contributed by atoms with E-state index in [2.05, 4.69) is 29.2 Å². The Kier molecular flexibility index (Phi) is 2.45. The molecule has 0 amide bonds. The summed E-state index contributed by atoms with van der Waals surface area (Å²) in [5.74, 6) is 0. The van der Waals surface area contributed by atoms with Gasteiger partial charge in [-0.3, -0.25) is 4.98 Å². The Morgan fingerprint density at radius 3 is 2.56 bits per heavy atom. The zero-order valence-electron chi connectivity index (χ0n) is 9.32. The van der Waals surface area contributed by atoms with Gasteiger partial charge in [0.15, 0.2) is 0 Å². The first kappa shape index (κ1) is 9.59. The molecule has 0 bridgehead atoms. The molecular formula is C15H15N. The fraction of sp³-hybridized carbons (Fsp3) is 0.267. The highest BCUT2D eigenvalue weighted by molar-refractivity contribution is 5.61. The van der Waals surface area contributed by atoms with Gasteiger partial charge in [0.1, 0.15) is 0 Å². The standard InChI is InChI=1S/C15H15N/c1-2-6-13-11-14(9-8-12(13)5-1)15-7-3-4-10-16-15/h3-4,7-11H,1-2,5-6H2. The molecule has 0 radical (unpaired) electrons. The predicted molar refractivity (Wildman–Crippen MR) is 66.3 cm³/mol. The average molecular weight is 209 g/mol. The topological polar surface area (TPSA) is 12.9 Å². The first-order chi connectivity index (χ1) is 7.93. The summed E-state index contributed by atoms with van der Waals surface area (Å²) in [4.78, 5) is 4.40. The first-order valence-electron chi connectivity index (χ1n) is 5.97. The fourth-order valence-electron chi connectivity index (χ4n) is 2.43. The Morgan fingerprint density at radius 1 is 0.875 bits per heavy atom. The number of rotatable bonds is 1. The van der Waals surface area contributed by atoms with Gasteiger partial charge in [0.25, 0.3) is 0 Å². The molecule has 1 nitrogen and oxygen atoms in total. The second-order valence-corrected chi connectivity index (χ2v) is 4.41. The Morgan fingerprint density at radius 2 is 1.75 bits per heavy atom. The van der Waals surface area contributed by atoms with Crippen molar-refractivity contribution in [3.8, 4) is 11.3 Å². The molecule has 2 aromatic rings. The molecule has 16 heavy (non-hydrogen) atoms. The van der Waals surface area contributed by atoms with E-state index in [1.165, 1.54) is 42.4 Å². The maximum Gasteiger partial charge on any atom is 0.0702 e. The van der Waals surface area contributed by atoms with Crippen LogP contribution in [-0.2, 0) is 12.8 Å². The third-order valence-electron chi connectivity index (χ3n) is 3.31. The van der Waals surface area contributed by atoms with Gasteiger partial charge in [0.05, 0.1) is 5.69 Å². The van der Waals surface area contributed by atoms with Crippen molar-refractivity contribution >= 4 is 0 Å². The average Bonchev–Trinajstić information content (AvgIpc) is 2.39. The molecular weight excluding hydrogens is 194 g/mol. The van der Waals surface area contributed by atoms with Gasteiger partial charge in [-0.05, 0) is 55.0 Å². The summed E-state index contributed by atoms with van der Waals surface area (Å²) in [6.45, 7) is 0. The van der Waals surface area contributed by atoms with E-state index < -0.39 is 0 Å². The zero-order chi connectivity index (χ0) is 10.8. The summed E-state index contributed by atoms with van der Waals surface area (Å²) in [6, 6.07) is 12.9. The molecule has 1 aromatic heterocycles. The molecule has 0 saturated heterocycles. The van der Waals surface area contributed by atoms with Crippen LogP contribution in [0.4, 0.5) is 0 Å². The minimum atomic E-state index is 1.08. The highest BCUT2D eigenvalue weighted by Crippen LogP contribution is 2.26. The smallest absolute Gasteiger partial charge is 0.0702 e. The molecule has 0 spiro atoms. The van der Waals surface area contributed by atoms with Crippen molar-refractivity contribution in [3.05, 3.63) is 53.7 Å². The number of aromatic nitrogens is 1. The molecule has 0 unspecified atom stereocenters. The van der Waals surface area contributed by atoms with Gasteiger partial charge in [-0.15, -0.1) is 0 Å². The number of aryl methyl sites for hydroxylation is 2. The van der Waals surface area contributed by atoms with Gasteiger partial charge < -0.3 is 0 Å². The molecule has 1 heterocycles. The van der Waals surface area contributed by atoms with E-state index in [4.69, 9.17) is 0 Å². The minimum absolute atomic E-state index is 1.08. The van der Waals surface area contributed by atoms with Crippen molar-refractivity contribution in [1.82, 2.24) is 4.98 Å². The Bertz CT molecular complexity index is 488. The second-order valence-electron chi connectivity index (χ2n) is 4.41. The SMILES string of the molecule is c1ccc(-c2ccc3c(c2)CCCC3)nc1. The lowest BCUT2D eigenvalue weighted by molar-refractivity contribution is 0.686. The van der Waals surface area contributed by atoms with Crippen LogP contribution in [0.3, 0.4) is 0 Å². The third kappa shape index (κ3) is 1.73. The van der Waals surface area contributed by atoms with Gasteiger partial charge in [0, 0.05) is 11.8 Å². The molecule has 0 N–H and O–H groups in total. The highest BCUT2D eigenvalue weighted by Gasteiger charge is 2.10. The molecule has 1 aliphatic rings. The van der Waals surface area contributed by atoms with Crippen molar-refractivity contribution in [2.75, 3.05) is 0 Å². The number of benzene rings is 1. The zero-order valence-corrected chi connectivity index (χ0v) is 9.32. The molecule has 1 heteroatoms. The van der Waals surface area contributed by atoms with Crippen molar-refractivity contribution in [2.24, 2.45) is 0 Å². The maximum atomic E-state index is 4.40. The van der Waals surface area contributed by atoms with E-state index in [9.17, 15) is 0 Å². The van der Waals surface area contributed by atoms with Gasteiger partial charge in [-0.25, -0.2) is 0 Å².